The molecule has 0 amide bonds. The zero-order valence-corrected chi connectivity index (χ0v) is 13.0. The molecule has 19 heavy (non-hydrogen) atoms. The maximum absolute atomic E-state index is 5.69. The molecule has 1 unspecified atom stereocenters. The Morgan fingerprint density at radius 3 is 2.58 bits per heavy atom. The summed E-state index contributed by atoms with van der Waals surface area (Å²) in [6.45, 7) is 0. The third kappa shape index (κ3) is 2.76. The van der Waals surface area contributed by atoms with Gasteiger partial charge in [0, 0.05) is 5.56 Å². The van der Waals surface area contributed by atoms with Gasteiger partial charge < -0.3 is 9.47 Å². The fourth-order valence-electron chi connectivity index (χ4n) is 1.95. The van der Waals surface area contributed by atoms with Crippen LogP contribution in [0.25, 0.3) is 0 Å². The average molecular weight is 343 g/mol. The summed E-state index contributed by atoms with van der Waals surface area (Å²) in [7, 11) is 3.25. The summed E-state index contributed by atoms with van der Waals surface area (Å²) in [6, 6.07) is 5.75. The number of hydrogen-bond acceptors (Lipinski definition) is 5. The number of halogens is 1. The number of nitrogens with two attached hydrogens (primary N) is 1. The normalized spacial score (nSPS) is 12.2. The van der Waals surface area contributed by atoms with E-state index < -0.39 is 0 Å². The standard InChI is InChI=1S/C13H15BrN2O2S/c1-17-10-4-3-9(13(18-2)11(10)14)12(16-15)8-5-6-19-7-8/h3-7,12,16H,15H2,1-2H3. The summed E-state index contributed by atoms with van der Waals surface area (Å²) in [4.78, 5) is 0. The van der Waals surface area contributed by atoms with E-state index in [1.807, 2.05) is 23.6 Å². The maximum Gasteiger partial charge on any atom is 0.141 e. The van der Waals surface area contributed by atoms with E-state index >= 15 is 0 Å². The van der Waals surface area contributed by atoms with E-state index in [0.29, 0.717) is 5.75 Å². The molecule has 0 spiro atoms. The van der Waals surface area contributed by atoms with Gasteiger partial charge >= 0.3 is 0 Å². The summed E-state index contributed by atoms with van der Waals surface area (Å²) in [5.41, 5.74) is 4.88. The van der Waals surface area contributed by atoms with Crippen LogP contribution in [0, 0.1) is 0 Å². The Morgan fingerprint density at radius 1 is 1.26 bits per heavy atom. The van der Waals surface area contributed by atoms with E-state index in [1.54, 1.807) is 25.6 Å². The number of thiophene rings is 1. The molecule has 4 nitrogen and oxygen atoms in total. The van der Waals surface area contributed by atoms with Crippen molar-refractivity contribution in [2.75, 3.05) is 14.2 Å². The van der Waals surface area contributed by atoms with Crippen molar-refractivity contribution in [1.29, 1.82) is 0 Å². The second kappa shape index (κ2) is 6.38. The topological polar surface area (TPSA) is 56.5 Å². The van der Waals surface area contributed by atoms with Crippen LogP contribution in [0.3, 0.4) is 0 Å². The van der Waals surface area contributed by atoms with Gasteiger partial charge in [0.05, 0.1) is 20.3 Å². The lowest BCUT2D eigenvalue weighted by atomic mass is 10.0. The molecule has 0 aliphatic carbocycles. The first-order chi connectivity index (χ1) is 9.22. The number of hydrazine groups is 1. The van der Waals surface area contributed by atoms with Gasteiger partial charge in [0.25, 0.3) is 0 Å². The summed E-state index contributed by atoms with van der Waals surface area (Å²) in [5, 5.41) is 4.08. The molecule has 0 saturated heterocycles. The molecular formula is C13H15BrN2O2S. The number of nitrogens with one attached hydrogen (secondary N) is 1. The fraction of sp³-hybridized carbons (Fsp3) is 0.231. The third-order valence-corrected chi connectivity index (χ3v) is 4.32. The number of hydrogen-bond donors (Lipinski definition) is 2. The van der Waals surface area contributed by atoms with Gasteiger partial charge in [0.1, 0.15) is 16.0 Å². The zero-order chi connectivity index (χ0) is 13.8. The lowest BCUT2D eigenvalue weighted by Gasteiger charge is -2.20. The second-order valence-corrected chi connectivity index (χ2v) is 5.43. The van der Waals surface area contributed by atoms with E-state index in [9.17, 15) is 0 Å². The first-order valence-corrected chi connectivity index (χ1v) is 7.35. The SMILES string of the molecule is COc1ccc(C(NN)c2ccsc2)c(OC)c1Br. The van der Waals surface area contributed by atoms with E-state index in [4.69, 9.17) is 15.3 Å². The number of rotatable bonds is 5. The van der Waals surface area contributed by atoms with Crippen LogP contribution in [0.1, 0.15) is 17.2 Å². The highest BCUT2D eigenvalue weighted by Gasteiger charge is 2.21. The molecule has 102 valence electrons. The minimum absolute atomic E-state index is 0.122. The molecule has 3 N–H and O–H groups in total. The Bertz CT molecular complexity index is 546. The Hall–Kier alpha value is -1.08. The first-order valence-electron chi connectivity index (χ1n) is 5.61. The molecule has 1 atom stereocenters. The minimum atomic E-state index is -0.122. The summed E-state index contributed by atoms with van der Waals surface area (Å²) in [6.07, 6.45) is 0. The predicted molar refractivity (Wildman–Crippen MR) is 80.7 cm³/mol. The minimum Gasteiger partial charge on any atom is -0.495 e. The van der Waals surface area contributed by atoms with Gasteiger partial charge in [-0.05, 0) is 50.5 Å². The van der Waals surface area contributed by atoms with E-state index in [0.717, 1.165) is 21.3 Å². The highest BCUT2D eigenvalue weighted by molar-refractivity contribution is 9.10. The van der Waals surface area contributed by atoms with Crippen LogP contribution in [-0.2, 0) is 0 Å². The molecule has 2 rings (SSSR count). The number of benzene rings is 1. The highest BCUT2D eigenvalue weighted by Crippen LogP contribution is 2.41. The van der Waals surface area contributed by atoms with Gasteiger partial charge in [-0.1, -0.05) is 0 Å². The van der Waals surface area contributed by atoms with Crippen molar-refractivity contribution in [3.63, 3.8) is 0 Å². The monoisotopic (exact) mass is 342 g/mol. The van der Waals surface area contributed by atoms with E-state index in [-0.39, 0.29) is 6.04 Å². The Labute approximate surface area is 124 Å². The first kappa shape index (κ1) is 14.3. The maximum atomic E-state index is 5.69. The molecule has 6 heteroatoms. The van der Waals surface area contributed by atoms with Crippen LogP contribution >= 0.6 is 27.3 Å². The van der Waals surface area contributed by atoms with Gasteiger partial charge in [-0.25, -0.2) is 5.43 Å². The van der Waals surface area contributed by atoms with Crippen LogP contribution < -0.4 is 20.7 Å². The van der Waals surface area contributed by atoms with Gasteiger partial charge in [0.15, 0.2) is 0 Å². The van der Waals surface area contributed by atoms with Crippen LogP contribution in [0.2, 0.25) is 0 Å². The van der Waals surface area contributed by atoms with Crippen molar-refractivity contribution in [3.8, 4) is 11.5 Å². The second-order valence-electron chi connectivity index (χ2n) is 3.86. The van der Waals surface area contributed by atoms with Gasteiger partial charge in [0.2, 0.25) is 0 Å². The van der Waals surface area contributed by atoms with Crippen molar-refractivity contribution in [2.24, 2.45) is 5.84 Å². The van der Waals surface area contributed by atoms with Crippen molar-refractivity contribution in [2.45, 2.75) is 6.04 Å². The molecule has 2 aromatic rings. The molecule has 1 aromatic carbocycles. The Morgan fingerprint density at radius 2 is 2.05 bits per heavy atom. The molecule has 0 aliphatic heterocycles. The third-order valence-electron chi connectivity index (χ3n) is 2.87. The Balaban J connectivity index is 2.52. The smallest absolute Gasteiger partial charge is 0.141 e. The lowest BCUT2D eigenvalue weighted by molar-refractivity contribution is 0.383. The number of methoxy groups -OCH3 is 2. The van der Waals surface area contributed by atoms with Gasteiger partial charge in [-0.2, -0.15) is 11.3 Å². The van der Waals surface area contributed by atoms with Crippen molar-refractivity contribution in [1.82, 2.24) is 5.43 Å². The molecule has 0 radical (unpaired) electrons. The summed E-state index contributed by atoms with van der Waals surface area (Å²) < 4.78 is 11.5. The highest BCUT2D eigenvalue weighted by atomic mass is 79.9. The van der Waals surface area contributed by atoms with Gasteiger partial charge in [-0.3, -0.25) is 5.84 Å². The molecule has 1 aromatic heterocycles. The molecule has 1 heterocycles. The molecule has 0 aliphatic rings. The van der Waals surface area contributed by atoms with Crippen molar-refractivity contribution >= 4 is 27.3 Å². The molecule has 0 bridgehead atoms. The Kier molecular flexibility index (Phi) is 4.81. The fourth-order valence-corrected chi connectivity index (χ4v) is 3.32. The van der Waals surface area contributed by atoms with Crippen LogP contribution in [0.4, 0.5) is 0 Å². The van der Waals surface area contributed by atoms with Crippen molar-refractivity contribution < 1.29 is 9.47 Å². The lowest BCUT2D eigenvalue weighted by Crippen LogP contribution is -2.28. The predicted octanol–water partition coefficient (Wildman–Crippen LogP) is 3.08. The van der Waals surface area contributed by atoms with Crippen LogP contribution in [-0.4, -0.2) is 14.2 Å². The largest absolute Gasteiger partial charge is 0.495 e. The molecular weight excluding hydrogens is 328 g/mol. The quantitative estimate of drug-likeness (QED) is 0.647. The zero-order valence-electron chi connectivity index (χ0n) is 10.6. The number of ether oxygens (including phenoxy) is 2. The summed E-state index contributed by atoms with van der Waals surface area (Å²) >= 11 is 5.13. The van der Waals surface area contributed by atoms with Crippen LogP contribution in [0.15, 0.2) is 33.4 Å². The molecule has 0 fully saturated rings. The van der Waals surface area contributed by atoms with E-state index in [1.165, 1.54) is 0 Å². The molecule has 0 saturated carbocycles. The van der Waals surface area contributed by atoms with E-state index in [2.05, 4.69) is 26.7 Å². The van der Waals surface area contributed by atoms with Gasteiger partial charge in [-0.15, -0.1) is 0 Å². The van der Waals surface area contributed by atoms with Crippen LogP contribution in [0.5, 0.6) is 11.5 Å². The van der Waals surface area contributed by atoms with Crippen molar-refractivity contribution in [3.05, 3.63) is 44.6 Å². The summed E-state index contributed by atoms with van der Waals surface area (Å²) in [5.74, 6) is 7.13. The average Bonchev–Trinajstić information content (AvgIpc) is 2.94.